The van der Waals surface area contributed by atoms with Gasteiger partial charge >= 0.3 is 0 Å². The molecule has 0 unspecified atom stereocenters. The molecular formula is C18H15ClN4O3S5. The SMILES string of the molecule is C=CCN1C(=O)/C(=C2\SC(C)=C(C)N2c2nccs2)S/C1=N/S(=O)(=O)c1ccc(Cl)s1. The summed E-state index contributed by atoms with van der Waals surface area (Å²) in [6.07, 6.45) is 3.23. The summed E-state index contributed by atoms with van der Waals surface area (Å²) in [6, 6.07) is 2.90. The number of rotatable bonds is 5. The number of amidine groups is 1. The number of hydrogen-bond donors (Lipinski definition) is 0. The molecule has 162 valence electrons. The second-order valence-electron chi connectivity index (χ2n) is 6.24. The molecule has 2 aliphatic rings. The minimum absolute atomic E-state index is 0.0192. The molecule has 7 nitrogen and oxygen atoms in total. The van der Waals surface area contributed by atoms with Crippen molar-refractivity contribution in [2.75, 3.05) is 11.4 Å². The highest BCUT2D eigenvalue weighted by molar-refractivity contribution is 8.20. The molecule has 1 amide bonds. The Hall–Kier alpha value is -1.57. The van der Waals surface area contributed by atoms with E-state index in [1.807, 2.05) is 24.1 Å². The molecule has 2 aromatic heterocycles. The Morgan fingerprint density at radius 2 is 2.06 bits per heavy atom. The molecule has 13 heteroatoms. The Labute approximate surface area is 201 Å². The van der Waals surface area contributed by atoms with E-state index in [2.05, 4.69) is 16.0 Å². The molecule has 0 saturated carbocycles. The van der Waals surface area contributed by atoms with Crippen molar-refractivity contribution in [3.63, 3.8) is 0 Å². The molecule has 0 atom stereocenters. The predicted octanol–water partition coefficient (Wildman–Crippen LogP) is 5.34. The molecule has 0 bridgehead atoms. The van der Waals surface area contributed by atoms with Crippen LogP contribution in [-0.4, -0.2) is 35.9 Å². The first-order chi connectivity index (χ1) is 14.7. The third kappa shape index (κ3) is 4.24. The summed E-state index contributed by atoms with van der Waals surface area (Å²) < 4.78 is 29.9. The molecule has 1 saturated heterocycles. The van der Waals surface area contributed by atoms with E-state index in [9.17, 15) is 13.2 Å². The first-order valence-corrected chi connectivity index (χ1v) is 13.9. The van der Waals surface area contributed by atoms with Crippen molar-refractivity contribution in [1.29, 1.82) is 0 Å². The average Bonchev–Trinajstić information content (AvgIpc) is 3.48. The van der Waals surface area contributed by atoms with Crippen LogP contribution in [0.15, 0.2) is 65.5 Å². The maximum absolute atomic E-state index is 13.3. The van der Waals surface area contributed by atoms with Crippen LogP contribution in [0.4, 0.5) is 5.13 Å². The van der Waals surface area contributed by atoms with E-state index >= 15 is 0 Å². The van der Waals surface area contributed by atoms with Gasteiger partial charge in [0.15, 0.2) is 10.3 Å². The number of amides is 1. The highest BCUT2D eigenvalue weighted by Gasteiger charge is 2.41. The number of thiophene rings is 1. The van der Waals surface area contributed by atoms with Crippen molar-refractivity contribution in [2.24, 2.45) is 4.40 Å². The third-order valence-corrected chi connectivity index (χ3v) is 10.5. The number of carbonyl (C=O) groups excluding carboxylic acids is 1. The van der Waals surface area contributed by atoms with E-state index in [0.717, 1.165) is 38.8 Å². The van der Waals surface area contributed by atoms with Gasteiger partial charge in [0, 0.05) is 28.7 Å². The summed E-state index contributed by atoms with van der Waals surface area (Å²) in [5.41, 5.74) is 0.970. The van der Waals surface area contributed by atoms with Gasteiger partial charge < -0.3 is 0 Å². The Bertz CT molecular complexity index is 1260. The number of carbonyl (C=O) groups is 1. The van der Waals surface area contributed by atoms with Crippen LogP contribution in [0, 0.1) is 0 Å². The van der Waals surface area contributed by atoms with E-state index in [1.165, 1.54) is 46.2 Å². The lowest BCUT2D eigenvalue weighted by Gasteiger charge is -2.19. The molecule has 0 spiro atoms. The third-order valence-electron chi connectivity index (χ3n) is 4.28. The van der Waals surface area contributed by atoms with Crippen LogP contribution in [0.2, 0.25) is 4.34 Å². The molecule has 1 fully saturated rings. The van der Waals surface area contributed by atoms with E-state index < -0.39 is 10.0 Å². The van der Waals surface area contributed by atoms with Crippen LogP contribution < -0.4 is 4.90 Å². The average molecular weight is 531 g/mol. The zero-order chi connectivity index (χ0) is 22.3. The van der Waals surface area contributed by atoms with E-state index in [-0.39, 0.29) is 21.8 Å². The second kappa shape index (κ2) is 8.75. The number of aromatic nitrogens is 1. The van der Waals surface area contributed by atoms with E-state index in [4.69, 9.17) is 11.6 Å². The number of allylic oxidation sites excluding steroid dienone is 2. The number of nitrogens with zero attached hydrogens (tertiary/aromatic N) is 4. The van der Waals surface area contributed by atoms with Gasteiger partial charge in [-0.25, -0.2) is 4.98 Å². The first kappa shape index (κ1) is 22.6. The highest BCUT2D eigenvalue weighted by atomic mass is 35.5. The smallest absolute Gasteiger partial charge is 0.282 e. The van der Waals surface area contributed by atoms with Crippen LogP contribution in [0.25, 0.3) is 0 Å². The van der Waals surface area contributed by atoms with Crippen LogP contribution in [0.5, 0.6) is 0 Å². The van der Waals surface area contributed by atoms with Gasteiger partial charge in [-0.05, 0) is 37.7 Å². The Balaban J connectivity index is 1.79. The fourth-order valence-corrected chi connectivity index (χ4v) is 8.41. The first-order valence-electron chi connectivity index (χ1n) is 8.73. The van der Waals surface area contributed by atoms with Crippen molar-refractivity contribution >= 4 is 84.0 Å². The Morgan fingerprint density at radius 3 is 2.68 bits per heavy atom. The fraction of sp³-hybridized carbons (Fsp3) is 0.167. The number of thiazole rings is 1. The molecule has 31 heavy (non-hydrogen) atoms. The molecule has 0 aliphatic carbocycles. The minimum atomic E-state index is -4.01. The van der Waals surface area contributed by atoms with Crippen molar-refractivity contribution in [3.05, 3.63) is 61.2 Å². The van der Waals surface area contributed by atoms with Gasteiger partial charge in [-0.3, -0.25) is 14.6 Å². The maximum atomic E-state index is 13.3. The van der Waals surface area contributed by atoms with Gasteiger partial charge in [-0.15, -0.1) is 33.7 Å². The minimum Gasteiger partial charge on any atom is -0.282 e. The van der Waals surface area contributed by atoms with Gasteiger partial charge in [-0.1, -0.05) is 29.4 Å². The van der Waals surface area contributed by atoms with E-state index in [1.54, 1.807) is 6.20 Å². The molecule has 4 rings (SSSR count). The number of anilines is 1. The lowest BCUT2D eigenvalue weighted by atomic mass is 10.4. The monoisotopic (exact) mass is 530 g/mol. The number of hydrogen-bond acceptors (Lipinski definition) is 9. The number of thioether (sulfide) groups is 2. The summed E-state index contributed by atoms with van der Waals surface area (Å²) in [5, 5.41) is 3.37. The summed E-state index contributed by atoms with van der Waals surface area (Å²) in [7, 11) is -4.01. The molecule has 2 aromatic rings. The summed E-state index contributed by atoms with van der Waals surface area (Å²) in [5.74, 6) is -0.324. The summed E-state index contributed by atoms with van der Waals surface area (Å²) in [6.45, 7) is 7.75. The zero-order valence-electron chi connectivity index (χ0n) is 16.2. The van der Waals surface area contributed by atoms with E-state index in [0.29, 0.717) is 14.3 Å². The van der Waals surface area contributed by atoms with Gasteiger partial charge in [-0.2, -0.15) is 8.42 Å². The maximum Gasteiger partial charge on any atom is 0.294 e. The predicted molar refractivity (Wildman–Crippen MR) is 131 cm³/mol. The van der Waals surface area contributed by atoms with Crippen molar-refractivity contribution < 1.29 is 13.2 Å². The second-order valence-corrected chi connectivity index (χ2v) is 12.8. The zero-order valence-corrected chi connectivity index (χ0v) is 21.1. The van der Waals surface area contributed by atoms with Gasteiger partial charge in [0.25, 0.3) is 15.9 Å². The topological polar surface area (TPSA) is 82.9 Å². The molecular weight excluding hydrogens is 516 g/mol. The Kier molecular flexibility index (Phi) is 6.39. The van der Waals surface area contributed by atoms with Gasteiger partial charge in [0.1, 0.15) is 14.1 Å². The highest BCUT2D eigenvalue weighted by Crippen LogP contribution is 2.49. The van der Waals surface area contributed by atoms with Gasteiger partial charge in [0.05, 0.1) is 4.34 Å². The van der Waals surface area contributed by atoms with Crippen molar-refractivity contribution in [3.8, 4) is 0 Å². The lowest BCUT2D eigenvalue weighted by Crippen LogP contribution is -2.30. The summed E-state index contributed by atoms with van der Waals surface area (Å²) in [4.78, 5) is 22.3. The number of sulfonamides is 1. The number of halogens is 1. The molecule has 0 aromatic carbocycles. The molecule has 0 N–H and O–H groups in total. The normalized spacial score (nSPS) is 21.1. The fourth-order valence-electron chi connectivity index (χ4n) is 2.76. The Morgan fingerprint density at radius 1 is 1.29 bits per heavy atom. The van der Waals surface area contributed by atoms with Gasteiger partial charge in [0.2, 0.25) is 0 Å². The molecule has 2 aliphatic heterocycles. The van der Waals surface area contributed by atoms with Crippen LogP contribution >= 0.6 is 57.8 Å². The van der Waals surface area contributed by atoms with Crippen LogP contribution in [0.1, 0.15) is 13.8 Å². The summed E-state index contributed by atoms with van der Waals surface area (Å²) >= 11 is 10.8. The molecule has 4 heterocycles. The quantitative estimate of drug-likeness (QED) is 0.381. The van der Waals surface area contributed by atoms with Crippen LogP contribution in [0.3, 0.4) is 0 Å². The molecule has 0 radical (unpaired) electrons. The standard InChI is InChI=1S/C18H15ClN4O3S5/c1-4-8-22-15(24)14(16-23(10(2)11(3)28-16)17-20-7-9-27-17)30-18(22)21-31(25,26)13-6-5-12(19)29-13/h4-7,9H,1,8H2,2-3H3/b16-14+,21-18+. The van der Waals surface area contributed by atoms with Crippen molar-refractivity contribution in [1.82, 2.24) is 9.88 Å². The van der Waals surface area contributed by atoms with Crippen LogP contribution in [-0.2, 0) is 14.8 Å². The lowest BCUT2D eigenvalue weighted by molar-refractivity contribution is -0.121. The van der Waals surface area contributed by atoms with Crippen molar-refractivity contribution in [2.45, 2.75) is 18.1 Å². The largest absolute Gasteiger partial charge is 0.294 e.